The summed E-state index contributed by atoms with van der Waals surface area (Å²) >= 11 is 0. The third-order valence-corrected chi connectivity index (χ3v) is 6.54. The Kier molecular flexibility index (Phi) is 4.15. The lowest BCUT2D eigenvalue weighted by Crippen LogP contribution is -2.12. The van der Waals surface area contributed by atoms with Crippen LogP contribution in [0.2, 0.25) is 0 Å². The Bertz CT molecular complexity index is 1070. The zero-order valence-electron chi connectivity index (χ0n) is 15.4. The number of amides is 2. The molecule has 7 nitrogen and oxygen atoms in total. The summed E-state index contributed by atoms with van der Waals surface area (Å²) in [5.74, 6) is 0.393. The summed E-state index contributed by atoms with van der Waals surface area (Å²) in [5, 5.41) is 6.93. The van der Waals surface area contributed by atoms with Crippen molar-refractivity contribution in [3.63, 3.8) is 0 Å². The molecule has 2 atom stereocenters. The van der Waals surface area contributed by atoms with E-state index in [2.05, 4.69) is 20.8 Å². The van der Waals surface area contributed by atoms with Gasteiger partial charge in [-0.25, -0.2) is 13.9 Å². The number of rotatable bonds is 2. The van der Waals surface area contributed by atoms with Crippen LogP contribution in [0.3, 0.4) is 0 Å². The smallest absolute Gasteiger partial charge is 0.322 e. The Labute approximate surface area is 163 Å². The van der Waals surface area contributed by atoms with E-state index < -0.39 is 22.8 Å². The Balaban J connectivity index is 1.44. The Morgan fingerprint density at radius 2 is 2.21 bits per heavy atom. The van der Waals surface area contributed by atoms with Gasteiger partial charge in [0.25, 0.3) is 0 Å². The molecule has 9 heteroatoms. The van der Waals surface area contributed by atoms with E-state index in [4.69, 9.17) is 4.74 Å². The molecule has 0 bridgehead atoms. The van der Waals surface area contributed by atoms with Gasteiger partial charge in [-0.2, -0.15) is 5.10 Å². The van der Waals surface area contributed by atoms with Gasteiger partial charge in [0.1, 0.15) is 12.3 Å². The van der Waals surface area contributed by atoms with Gasteiger partial charge in [0.05, 0.1) is 6.54 Å². The van der Waals surface area contributed by atoms with Crippen LogP contribution in [0.5, 0.6) is 5.88 Å². The molecule has 0 fully saturated rings. The highest BCUT2D eigenvalue weighted by Crippen LogP contribution is 2.39. The summed E-state index contributed by atoms with van der Waals surface area (Å²) in [4.78, 5) is 12.8. The third-order valence-electron chi connectivity index (χ3n) is 5.56. The maximum atomic E-state index is 14.0. The summed E-state index contributed by atoms with van der Waals surface area (Å²) in [6.45, 7) is 2.46. The van der Waals surface area contributed by atoms with Gasteiger partial charge in [-0.1, -0.05) is 6.07 Å². The van der Waals surface area contributed by atoms with E-state index >= 15 is 0 Å². The average molecular weight is 403 g/mol. The van der Waals surface area contributed by atoms with Crippen LogP contribution < -0.4 is 10.1 Å². The van der Waals surface area contributed by atoms with Gasteiger partial charge in [0.15, 0.2) is 5.88 Å². The molecular formula is C19H20FN4O3S-. The minimum atomic E-state index is -1.93. The third kappa shape index (κ3) is 2.88. The summed E-state index contributed by atoms with van der Waals surface area (Å²) in [7, 11) is -1.93. The highest BCUT2D eigenvalue weighted by Gasteiger charge is 2.29. The van der Waals surface area contributed by atoms with Crippen molar-refractivity contribution in [2.24, 2.45) is 4.36 Å². The minimum Gasteiger partial charge on any atom is -0.474 e. The first-order valence-corrected chi connectivity index (χ1v) is 10.6. The second-order valence-corrected chi connectivity index (χ2v) is 8.70. The lowest BCUT2D eigenvalue weighted by molar-refractivity contribution is 0.248. The fourth-order valence-electron chi connectivity index (χ4n) is 4.40. The van der Waals surface area contributed by atoms with Gasteiger partial charge >= 0.3 is 6.03 Å². The number of anilines is 1. The van der Waals surface area contributed by atoms with Crippen molar-refractivity contribution in [1.29, 1.82) is 0 Å². The topological polar surface area (TPSA) is 85.6 Å². The van der Waals surface area contributed by atoms with E-state index in [-0.39, 0.29) is 11.0 Å². The predicted octanol–water partition coefficient (Wildman–Crippen LogP) is 3.33. The summed E-state index contributed by atoms with van der Waals surface area (Å²) in [5.41, 5.74) is 4.71. The molecule has 2 amide bonds. The molecule has 5 rings (SSSR count). The number of hydrogen-bond acceptors (Lipinski definition) is 5. The first kappa shape index (κ1) is 17.7. The van der Waals surface area contributed by atoms with Crippen molar-refractivity contribution in [3.05, 3.63) is 34.5 Å². The fraction of sp³-hybridized carbons (Fsp3) is 0.474. The van der Waals surface area contributed by atoms with Gasteiger partial charge in [-0.3, -0.25) is 0 Å². The monoisotopic (exact) mass is 403 g/mol. The van der Waals surface area contributed by atoms with E-state index in [9.17, 15) is 13.4 Å². The average Bonchev–Trinajstić information content (AvgIpc) is 3.37. The number of nitrogens with zero attached hydrogens (tertiary/aromatic N) is 3. The molecule has 0 spiro atoms. The molecule has 0 radical (unpaired) electrons. The van der Waals surface area contributed by atoms with Crippen molar-refractivity contribution in [1.82, 2.24) is 9.78 Å². The maximum Gasteiger partial charge on any atom is 0.322 e. The van der Waals surface area contributed by atoms with Crippen molar-refractivity contribution in [2.75, 3.05) is 5.32 Å². The number of alkyl halides is 1. The molecule has 0 unspecified atom stereocenters. The lowest BCUT2D eigenvalue weighted by atomic mass is 9.99. The Morgan fingerprint density at radius 1 is 1.36 bits per heavy atom. The molecule has 1 N–H and O–H groups in total. The van der Waals surface area contributed by atoms with Crippen molar-refractivity contribution >= 4 is 22.3 Å². The highest BCUT2D eigenvalue weighted by molar-refractivity contribution is 7.75. The van der Waals surface area contributed by atoms with Gasteiger partial charge in [-0.05, 0) is 53.3 Å². The number of aryl methyl sites for hydroxylation is 1. The largest absolute Gasteiger partial charge is 0.474 e. The molecule has 2 heterocycles. The summed E-state index contributed by atoms with van der Waals surface area (Å²) < 4.78 is 37.6. The number of hydrogen-bond donors (Lipinski definition) is 1. The zero-order chi connectivity index (χ0) is 19.4. The predicted molar refractivity (Wildman–Crippen MR) is 101 cm³/mol. The number of benzene rings is 1. The van der Waals surface area contributed by atoms with E-state index in [1.807, 2.05) is 6.92 Å². The highest BCUT2D eigenvalue weighted by atomic mass is 32.2. The van der Waals surface area contributed by atoms with Crippen LogP contribution >= 0.6 is 0 Å². The number of nitrogens with one attached hydrogen (secondary N) is 1. The van der Waals surface area contributed by atoms with Crippen LogP contribution in [0, 0.1) is 0 Å². The molecule has 1 aliphatic heterocycles. The number of carbonyl (C=O) groups is 1. The number of halogens is 1. The minimum absolute atomic E-state index is 0.0589. The first-order chi connectivity index (χ1) is 13.5. The Morgan fingerprint density at radius 3 is 3.07 bits per heavy atom. The van der Waals surface area contributed by atoms with Crippen LogP contribution in [0.4, 0.5) is 14.9 Å². The normalized spacial score (nSPS) is 23.2. The number of fused-ring (bicyclic) bond motifs is 3. The second kappa shape index (κ2) is 6.58. The van der Waals surface area contributed by atoms with E-state index in [0.717, 1.165) is 36.0 Å². The first-order valence-electron chi connectivity index (χ1n) is 9.47. The molecule has 3 aliphatic rings. The molecule has 0 saturated carbocycles. The van der Waals surface area contributed by atoms with Gasteiger partial charge in [-0.15, -0.1) is 10.6 Å². The number of ether oxygens (including phenoxy) is 1. The van der Waals surface area contributed by atoms with E-state index in [0.29, 0.717) is 31.0 Å². The molecule has 2 aliphatic carbocycles. The molecule has 1 aromatic heterocycles. The number of aromatic nitrogens is 2. The molecule has 1 aromatic carbocycles. The van der Waals surface area contributed by atoms with E-state index in [1.54, 1.807) is 4.68 Å². The standard InChI is InChI=1S/C19H20FN4O3S/c1-10-9-24-18(27-10)16(8-21-24)28(26)23-19(25)22-17-14-4-2-3-11(14)5-12-6-13(20)7-15(12)17/h5,8,10,13H,2-4,6-7,9H2,1H3,(H,22,25)/q-1/t10-,13+/m1/s1. The zero-order valence-corrected chi connectivity index (χ0v) is 16.2. The Hall–Kier alpha value is -2.42. The van der Waals surface area contributed by atoms with Crippen LogP contribution in [-0.4, -0.2) is 28.1 Å². The summed E-state index contributed by atoms with van der Waals surface area (Å²) in [6, 6.07) is 1.38. The lowest BCUT2D eigenvalue weighted by Gasteiger charge is -2.15. The van der Waals surface area contributed by atoms with Crippen molar-refractivity contribution < 1.29 is 18.1 Å². The van der Waals surface area contributed by atoms with Crippen LogP contribution in [-0.2, 0) is 47.0 Å². The number of carbonyl (C=O) groups excluding carboxylic acids is 1. The van der Waals surface area contributed by atoms with Crippen LogP contribution in [0.1, 0.15) is 35.6 Å². The maximum absolute atomic E-state index is 14.0. The van der Waals surface area contributed by atoms with Gasteiger partial charge < -0.3 is 18.6 Å². The molecule has 28 heavy (non-hydrogen) atoms. The number of urea groups is 1. The van der Waals surface area contributed by atoms with Crippen molar-refractivity contribution in [2.45, 2.75) is 62.7 Å². The molecule has 0 saturated heterocycles. The van der Waals surface area contributed by atoms with Crippen LogP contribution in [0.15, 0.2) is 21.5 Å². The molecule has 148 valence electrons. The van der Waals surface area contributed by atoms with Gasteiger partial charge in [0.2, 0.25) is 0 Å². The van der Waals surface area contributed by atoms with Crippen LogP contribution in [0.25, 0.3) is 0 Å². The SMILES string of the molecule is C[C@@H]1Cn2ncc([S-](=O)=NC(=O)Nc3c4c(cc5c3C[C@@H](F)C5)CCC4)c2O1. The van der Waals surface area contributed by atoms with Crippen molar-refractivity contribution in [3.8, 4) is 5.88 Å². The molecule has 2 aromatic rings. The fourth-order valence-corrected chi connectivity index (χ4v) is 5.14. The summed E-state index contributed by atoms with van der Waals surface area (Å²) in [6.07, 6.45) is 3.91. The second-order valence-electron chi connectivity index (χ2n) is 7.58. The van der Waals surface area contributed by atoms with E-state index in [1.165, 1.54) is 11.8 Å². The molecular weight excluding hydrogens is 383 g/mol. The quantitative estimate of drug-likeness (QED) is 0.780. The van der Waals surface area contributed by atoms with Gasteiger partial charge in [0, 0.05) is 24.7 Å².